The van der Waals surface area contributed by atoms with Crippen LogP contribution in [0.5, 0.6) is 23.0 Å². The number of hydrogen-bond donors (Lipinski definition) is 2. The third kappa shape index (κ3) is 4.64. The van der Waals surface area contributed by atoms with Crippen LogP contribution in [-0.2, 0) is 0 Å². The van der Waals surface area contributed by atoms with E-state index >= 15 is 0 Å². The quantitative estimate of drug-likeness (QED) is 0.713. The molecule has 0 aliphatic carbocycles. The zero-order valence-corrected chi connectivity index (χ0v) is 16.4. The molecule has 0 saturated heterocycles. The Hall–Kier alpha value is -3.42. The lowest BCUT2D eigenvalue weighted by atomic mass is 10.1. The summed E-state index contributed by atoms with van der Waals surface area (Å²) in [6.07, 6.45) is -0.160. The molecule has 0 bridgehead atoms. The lowest BCUT2D eigenvalue weighted by Crippen LogP contribution is -2.15. The average Bonchev–Trinajstić information content (AvgIpc) is 2.67. The van der Waals surface area contributed by atoms with E-state index in [0.717, 1.165) is 0 Å². The summed E-state index contributed by atoms with van der Waals surface area (Å²) in [5.41, 5.74) is 0.509. The number of carboxylic acids is 1. The Morgan fingerprint density at radius 2 is 1.50 bits per heavy atom. The molecular weight excluding hydrogens is 366 g/mol. The van der Waals surface area contributed by atoms with Crippen molar-refractivity contribution >= 4 is 17.6 Å². The van der Waals surface area contributed by atoms with Gasteiger partial charge >= 0.3 is 5.97 Å². The number of aromatic carboxylic acids is 1. The largest absolute Gasteiger partial charge is 0.493 e. The van der Waals surface area contributed by atoms with E-state index in [9.17, 15) is 14.7 Å². The monoisotopic (exact) mass is 389 g/mol. The molecule has 0 unspecified atom stereocenters. The van der Waals surface area contributed by atoms with Crippen LogP contribution in [0.15, 0.2) is 30.3 Å². The number of ether oxygens (including phenoxy) is 4. The van der Waals surface area contributed by atoms with Gasteiger partial charge in [0.25, 0.3) is 5.91 Å². The molecule has 0 fully saturated rings. The molecule has 0 aliphatic heterocycles. The molecule has 0 aliphatic rings. The molecule has 2 aromatic rings. The highest BCUT2D eigenvalue weighted by atomic mass is 16.5. The van der Waals surface area contributed by atoms with Gasteiger partial charge in [0.15, 0.2) is 11.5 Å². The maximum absolute atomic E-state index is 12.8. The zero-order valence-electron chi connectivity index (χ0n) is 16.4. The highest BCUT2D eigenvalue weighted by Gasteiger charge is 2.19. The number of carbonyl (C=O) groups excluding carboxylic acids is 1. The topological polar surface area (TPSA) is 103 Å². The molecule has 0 aromatic heterocycles. The second-order valence-corrected chi connectivity index (χ2v) is 6.05. The number of benzene rings is 2. The van der Waals surface area contributed by atoms with Crippen LogP contribution in [0.25, 0.3) is 0 Å². The van der Waals surface area contributed by atoms with E-state index in [1.54, 1.807) is 0 Å². The SMILES string of the molecule is COc1cc(C(=O)Nc2cc(C(=O)O)ccc2OC(C)C)cc(OC)c1OC. The van der Waals surface area contributed by atoms with Crippen LogP contribution in [0.4, 0.5) is 5.69 Å². The van der Waals surface area contributed by atoms with Crippen LogP contribution in [0.2, 0.25) is 0 Å². The molecule has 0 saturated carbocycles. The third-order valence-electron chi connectivity index (χ3n) is 3.76. The van der Waals surface area contributed by atoms with Crippen molar-refractivity contribution in [3.05, 3.63) is 41.5 Å². The Labute approximate surface area is 163 Å². The zero-order chi connectivity index (χ0) is 20.8. The summed E-state index contributed by atoms with van der Waals surface area (Å²) < 4.78 is 21.4. The third-order valence-corrected chi connectivity index (χ3v) is 3.76. The highest BCUT2D eigenvalue weighted by molar-refractivity contribution is 6.06. The molecule has 28 heavy (non-hydrogen) atoms. The second-order valence-electron chi connectivity index (χ2n) is 6.05. The van der Waals surface area contributed by atoms with Crippen molar-refractivity contribution in [2.45, 2.75) is 20.0 Å². The van der Waals surface area contributed by atoms with Gasteiger partial charge in [0.2, 0.25) is 5.75 Å². The summed E-state index contributed by atoms with van der Waals surface area (Å²) in [4.78, 5) is 24.1. The Morgan fingerprint density at radius 1 is 0.893 bits per heavy atom. The number of hydrogen-bond acceptors (Lipinski definition) is 6. The molecule has 2 aromatic carbocycles. The number of rotatable bonds is 8. The van der Waals surface area contributed by atoms with Gasteiger partial charge in [-0.05, 0) is 44.2 Å². The van der Waals surface area contributed by atoms with Gasteiger partial charge in [0, 0.05) is 5.56 Å². The Kier molecular flexibility index (Phi) is 6.70. The van der Waals surface area contributed by atoms with Crippen molar-refractivity contribution in [1.82, 2.24) is 0 Å². The molecule has 8 heteroatoms. The summed E-state index contributed by atoms with van der Waals surface area (Å²) in [5.74, 6) is -0.233. The van der Waals surface area contributed by atoms with Crippen LogP contribution < -0.4 is 24.3 Å². The standard InChI is InChI=1S/C20H23NO7/c1-11(2)28-15-7-6-12(20(23)24)8-14(15)21-19(22)13-9-16(25-3)18(27-5)17(10-13)26-4/h6-11H,1-5H3,(H,21,22)(H,23,24). The number of methoxy groups -OCH3 is 3. The maximum atomic E-state index is 12.8. The van der Waals surface area contributed by atoms with E-state index in [1.807, 2.05) is 13.8 Å². The summed E-state index contributed by atoms with van der Waals surface area (Å²) in [6.45, 7) is 3.66. The minimum atomic E-state index is -1.11. The van der Waals surface area contributed by atoms with Gasteiger partial charge in [-0.2, -0.15) is 0 Å². The van der Waals surface area contributed by atoms with Crippen molar-refractivity contribution in [1.29, 1.82) is 0 Å². The molecule has 0 heterocycles. The molecule has 150 valence electrons. The molecule has 8 nitrogen and oxygen atoms in total. The fraction of sp³-hybridized carbons (Fsp3) is 0.300. The van der Waals surface area contributed by atoms with Crippen LogP contribution in [0.3, 0.4) is 0 Å². The average molecular weight is 389 g/mol. The van der Waals surface area contributed by atoms with Gasteiger partial charge in [-0.15, -0.1) is 0 Å². The number of anilines is 1. The first kappa shape index (κ1) is 20.9. The van der Waals surface area contributed by atoms with E-state index in [2.05, 4.69) is 5.32 Å². The van der Waals surface area contributed by atoms with Crippen LogP contribution >= 0.6 is 0 Å². The summed E-state index contributed by atoms with van der Waals surface area (Å²) in [6, 6.07) is 7.26. The van der Waals surface area contributed by atoms with Gasteiger partial charge in [0.05, 0.1) is 38.7 Å². The van der Waals surface area contributed by atoms with E-state index in [4.69, 9.17) is 18.9 Å². The summed E-state index contributed by atoms with van der Waals surface area (Å²) in [7, 11) is 4.36. The van der Waals surface area contributed by atoms with Gasteiger partial charge in [-0.1, -0.05) is 0 Å². The maximum Gasteiger partial charge on any atom is 0.335 e. The first-order valence-corrected chi connectivity index (χ1v) is 8.46. The Balaban J connectivity index is 2.43. The fourth-order valence-electron chi connectivity index (χ4n) is 2.52. The van der Waals surface area contributed by atoms with Crippen molar-refractivity contribution in [2.75, 3.05) is 26.6 Å². The lowest BCUT2D eigenvalue weighted by molar-refractivity contribution is 0.0696. The molecule has 0 spiro atoms. The fourth-order valence-corrected chi connectivity index (χ4v) is 2.52. The molecule has 0 radical (unpaired) electrons. The van der Waals surface area contributed by atoms with Crippen molar-refractivity contribution in [3.63, 3.8) is 0 Å². The van der Waals surface area contributed by atoms with Crippen molar-refractivity contribution < 1.29 is 33.6 Å². The molecule has 1 amide bonds. The first-order chi connectivity index (χ1) is 13.3. The molecular formula is C20H23NO7. The van der Waals surface area contributed by atoms with Crippen molar-refractivity contribution in [2.24, 2.45) is 0 Å². The normalized spacial score (nSPS) is 10.4. The Bertz CT molecular complexity index is 852. The predicted octanol–water partition coefficient (Wildman–Crippen LogP) is 3.45. The van der Waals surface area contributed by atoms with E-state index in [1.165, 1.54) is 51.7 Å². The van der Waals surface area contributed by atoms with Gasteiger partial charge in [-0.3, -0.25) is 4.79 Å². The summed E-state index contributed by atoms with van der Waals surface area (Å²) in [5, 5.41) is 11.9. The summed E-state index contributed by atoms with van der Waals surface area (Å²) >= 11 is 0. The van der Waals surface area contributed by atoms with Crippen LogP contribution in [-0.4, -0.2) is 44.4 Å². The highest BCUT2D eigenvalue weighted by Crippen LogP contribution is 2.38. The molecule has 2 rings (SSSR count). The van der Waals surface area contributed by atoms with E-state index < -0.39 is 11.9 Å². The van der Waals surface area contributed by atoms with Crippen LogP contribution in [0, 0.1) is 0 Å². The smallest absolute Gasteiger partial charge is 0.335 e. The van der Waals surface area contributed by atoms with Gasteiger partial charge in [-0.25, -0.2) is 4.79 Å². The molecule has 0 atom stereocenters. The minimum absolute atomic E-state index is 0.0244. The minimum Gasteiger partial charge on any atom is -0.493 e. The number of carbonyl (C=O) groups is 2. The van der Waals surface area contributed by atoms with Crippen molar-refractivity contribution in [3.8, 4) is 23.0 Å². The Morgan fingerprint density at radius 3 is 1.96 bits per heavy atom. The molecule has 2 N–H and O–H groups in total. The van der Waals surface area contributed by atoms with E-state index in [-0.39, 0.29) is 22.9 Å². The lowest BCUT2D eigenvalue weighted by Gasteiger charge is -2.17. The predicted molar refractivity (Wildman–Crippen MR) is 103 cm³/mol. The first-order valence-electron chi connectivity index (χ1n) is 8.46. The second kappa shape index (κ2) is 8.98. The van der Waals surface area contributed by atoms with Gasteiger partial charge in [0.1, 0.15) is 5.75 Å². The number of carboxylic acid groups (broad SMARTS) is 1. The van der Waals surface area contributed by atoms with E-state index in [0.29, 0.717) is 23.0 Å². The number of amides is 1. The van der Waals surface area contributed by atoms with Gasteiger partial charge < -0.3 is 29.4 Å². The number of nitrogens with one attached hydrogen (secondary N) is 1. The van der Waals surface area contributed by atoms with Crippen LogP contribution in [0.1, 0.15) is 34.6 Å².